The molecule has 0 radical (unpaired) electrons. The number of rotatable bonds is 4. The molecule has 0 aliphatic heterocycles. The van der Waals surface area contributed by atoms with E-state index in [1.54, 1.807) is 0 Å². The average Bonchev–Trinajstić information content (AvgIpc) is 2.99. The van der Waals surface area contributed by atoms with Crippen LogP contribution in [0.15, 0.2) is 36.7 Å². The molecule has 3 aromatic rings. The topological polar surface area (TPSA) is 79.4 Å². The molecule has 1 unspecified atom stereocenters. The first-order valence-electron chi connectivity index (χ1n) is 6.13. The van der Waals surface area contributed by atoms with Crippen LogP contribution < -0.4 is 5.32 Å². The van der Waals surface area contributed by atoms with E-state index in [1.807, 2.05) is 31.5 Å². The molecule has 6 heteroatoms. The van der Waals surface area contributed by atoms with Crippen molar-refractivity contribution in [2.75, 3.05) is 0 Å². The van der Waals surface area contributed by atoms with Crippen molar-refractivity contribution in [3.8, 4) is 0 Å². The summed E-state index contributed by atoms with van der Waals surface area (Å²) in [5, 5.41) is 19.7. The highest BCUT2D eigenvalue weighted by Gasteiger charge is 2.10. The van der Waals surface area contributed by atoms with Crippen molar-refractivity contribution in [1.29, 1.82) is 0 Å². The van der Waals surface area contributed by atoms with Gasteiger partial charge in [-0.05, 0) is 23.9 Å². The zero-order chi connectivity index (χ0) is 13.1. The second kappa shape index (κ2) is 5.11. The molecule has 0 amide bonds. The number of hydrogen-bond donors (Lipinski definition) is 2. The Kier molecular flexibility index (Phi) is 3.16. The van der Waals surface area contributed by atoms with Crippen molar-refractivity contribution in [2.24, 2.45) is 0 Å². The Morgan fingerprint density at radius 2 is 2.26 bits per heavy atom. The van der Waals surface area contributed by atoms with Crippen LogP contribution in [0.3, 0.4) is 0 Å². The van der Waals surface area contributed by atoms with E-state index in [9.17, 15) is 0 Å². The molecule has 0 saturated heterocycles. The van der Waals surface area contributed by atoms with Gasteiger partial charge in [0.25, 0.3) is 0 Å². The molecule has 0 aliphatic carbocycles. The van der Waals surface area contributed by atoms with Crippen LogP contribution in [0.25, 0.3) is 10.8 Å². The maximum absolute atomic E-state index is 4.14. The van der Waals surface area contributed by atoms with Crippen LogP contribution >= 0.6 is 0 Å². The van der Waals surface area contributed by atoms with Crippen LogP contribution in [0.4, 0.5) is 0 Å². The van der Waals surface area contributed by atoms with Crippen molar-refractivity contribution in [3.05, 3.63) is 48.0 Å². The van der Waals surface area contributed by atoms with Gasteiger partial charge in [0.05, 0.1) is 6.04 Å². The Labute approximate surface area is 110 Å². The molecular weight excluding hydrogens is 240 g/mol. The summed E-state index contributed by atoms with van der Waals surface area (Å²) in [6, 6.07) is 8.30. The van der Waals surface area contributed by atoms with Crippen LogP contribution in [0.5, 0.6) is 0 Å². The third kappa shape index (κ3) is 2.43. The van der Waals surface area contributed by atoms with Crippen LogP contribution in [-0.2, 0) is 6.54 Å². The zero-order valence-electron chi connectivity index (χ0n) is 10.5. The van der Waals surface area contributed by atoms with Gasteiger partial charge in [-0.15, -0.1) is 10.2 Å². The fraction of sp³-hybridized carbons (Fsp3) is 0.231. The summed E-state index contributed by atoms with van der Waals surface area (Å²) in [6.07, 6.45) is 3.69. The predicted octanol–water partition coefficient (Wildman–Crippen LogP) is 1.60. The van der Waals surface area contributed by atoms with Crippen LogP contribution in [-0.4, -0.2) is 25.6 Å². The number of nitrogens with zero attached hydrogens (tertiary/aromatic N) is 4. The van der Waals surface area contributed by atoms with Crippen molar-refractivity contribution in [1.82, 2.24) is 30.9 Å². The van der Waals surface area contributed by atoms with Gasteiger partial charge >= 0.3 is 0 Å². The van der Waals surface area contributed by atoms with Crippen LogP contribution in [0.1, 0.15) is 24.4 Å². The fourth-order valence-corrected chi connectivity index (χ4v) is 2.05. The molecule has 0 fully saturated rings. The summed E-state index contributed by atoms with van der Waals surface area (Å²) < 4.78 is 0. The number of H-pyrrole nitrogens is 1. The van der Waals surface area contributed by atoms with Gasteiger partial charge in [-0.2, -0.15) is 5.21 Å². The summed E-state index contributed by atoms with van der Waals surface area (Å²) in [5.74, 6) is 0.668. The van der Waals surface area contributed by atoms with Crippen molar-refractivity contribution in [2.45, 2.75) is 19.5 Å². The molecule has 6 nitrogen and oxygen atoms in total. The number of aromatic nitrogens is 5. The van der Waals surface area contributed by atoms with Crippen molar-refractivity contribution < 1.29 is 0 Å². The van der Waals surface area contributed by atoms with Gasteiger partial charge in [-0.1, -0.05) is 23.4 Å². The lowest BCUT2D eigenvalue weighted by molar-refractivity contribution is 0.548. The molecule has 2 aromatic heterocycles. The maximum Gasteiger partial charge on any atom is 0.191 e. The molecule has 0 aliphatic rings. The predicted molar refractivity (Wildman–Crippen MR) is 71.2 cm³/mol. The third-order valence-corrected chi connectivity index (χ3v) is 3.12. The standard InChI is InChI=1S/C13H14N6/c1-9(13-16-18-19-17-13)15-8-11-4-2-3-10-7-14-6-5-12(10)11/h2-7,9,15H,8H2,1H3,(H,16,17,18,19). The van der Waals surface area contributed by atoms with E-state index in [4.69, 9.17) is 0 Å². The second-order valence-corrected chi connectivity index (χ2v) is 4.39. The number of tetrazole rings is 1. The Morgan fingerprint density at radius 3 is 3.11 bits per heavy atom. The van der Waals surface area contributed by atoms with Gasteiger partial charge in [-0.3, -0.25) is 4.98 Å². The molecule has 0 saturated carbocycles. The SMILES string of the molecule is CC(NCc1cccc2cnccc12)c1nn[nH]n1. The Hall–Kier alpha value is -2.34. The number of nitrogens with one attached hydrogen (secondary N) is 2. The summed E-state index contributed by atoms with van der Waals surface area (Å²) >= 11 is 0. The normalized spacial score (nSPS) is 12.7. The molecular formula is C13H14N6. The summed E-state index contributed by atoms with van der Waals surface area (Å²) in [4.78, 5) is 4.14. The minimum Gasteiger partial charge on any atom is -0.303 e. The van der Waals surface area contributed by atoms with E-state index >= 15 is 0 Å². The first-order chi connectivity index (χ1) is 9.34. The lowest BCUT2D eigenvalue weighted by atomic mass is 10.1. The molecule has 96 valence electrons. The molecule has 3 rings (SSSR count). The van der Waals surface area contributed by atoms with Gasteiger partial charge < -0.3 is 5.32 Å². The van der Waals surface area contributed by atoms with Gasteiger partial charge in [0.1, 0.15) is 0 Å². The monoisotopic (exact) mass is 254 g/mol. The Bertz CT molecular complexity index is 658. The number of pyridine rings is 1. The maximum atomic E-state index is 4.14. The second-order valence-electron chi connectivity index (χ2n) is 4.39. The average molecular weight is 254 g/mol. The summed E-state index contributed by atoms with van der Waals surface area (Å²) in [7, 11) is 0. The van der Waals surface area contributed by atoms with Gasteiger partial charge in [0.15, 0.2) is 5.82 Å². The fourth-order valence-electron chi connectivity index (χ4n) is 2.05. The van der Waals surface area contributed by atoms with E-state index in [0.717, 1.165) is 11.9 Å². The Morgan fingerprint density at radius 1 is 1.32 bits per heavy atom. The van der Waals surface area contributed by atoms with Crippen LogP contribution in [0.2, 0.25) is 0 Å². The van der Waals surface area contributed by atoms with Gasteiger partial charge in [0.2, 0.25) is 0 Å². The first-order valence-corrected chi connectivity index (χ1v) is 6.13. The first kappa shape index (κ1) is 11.7. The molecule has 0 spiro atoms. The van der Waals surface area contributed by atoms with Crippen molar-refractivity contribution >= 4 is 10.8 Å². The molecule has 1 atom stereocenters. The van der Waals surface area contributed by atoms with E-state index in [2.05, 4.69) is 43.1 Å². The van der Waals surface area contributed by atoms with E-state index in [0.29, 0.717) is 5.82 Å². The van der Waals surface area contributed by atoms with E-state index < -0.39 is 0 Å². The molecule has 1 aromatic carbocycles. The highest BCUT2D eigenvalue weighted by molar-refractivity contribution is 5.84. The molecule has 2 heterocycles. The lowest BCUT2D eigenvalue weighted by Gasteiger charge is -2.11. The number of aromatic amines is 1. The summed E-state index contributed by atoms with van der Waals surface area (Å²) in [5.41, 5.74) is 1.23. The Balaban J connectivity index is 1.79. The smallest absolute Gasteiger partial charge is 0.191 e. The third-order valence-electron chi connectivity index (χ3n) is 3.12. The number of hydrogen-bond acceptors (Lipinski definition) is 5. The van der Waals surface area contributed by atoms with E-state index in [-0.39, 0.29) is 6.04 Å². The van der Waals surface area contributed by atoms with Gasteiger partial charge in [0, 0.05) is 24.3 Å². The molecule has 19 heavy (non-hydrogen) atoms. The minimum absolute atomic E-state index is 0.0517. The van der Waals surface area contributed by atoms with Crippen molar-refractivity contribution in [3.63, 3.8) is 0 Å². The summed E-state index contributed by atoms with van der Waals surface area (Å²) in [6.45, 7) is 2.76. The van der Waals surface area contributed by atoms with Gasteiger partial charge in [-0.25, -0.2) is 0 Å². The number of benzene rings is 1. The van der Waals surface area contributed by atoms with E-state index in [1.165, 1.54) is 10.9 Å². The zero-order valence-corrected chi connectivity index (χ0v) is 10.5. The highest BCUT2D eigenvalue weighted by Crippen LogP contribution is 2.18. The molecule has 2 N–H and O–H groups in total. The minimum atomic E-state index is 0.0517. The molecule has 0 bridgehead atoms. The highest BCUT2D eigenvalue weighted by atomic mass is 15.5. The largest absolute Gasteiger partial charge is 0.303 e. The lowest BCUT2D eigenvalue weighted by Crippen LogP contribution is -2.19. The number of fused-ring (bicyclic) bond motifs is 1. The quantitative estimate of drug-likeness (QED) is 0.739. The van der Waals surface area contributed by atoms with Crippen LogP contribution in [0, 0.1) is 0 Å².